The van der Waals surface area contributed by atoms with Gasteiger partial charge in [0.1, 0.15) is 0 Å². The van der Waals surface area contributed by atoms with Crippen LogP contribution in [0, 0.1) is 12.8 Å². The Kier molecular flexibility index (Phi) is 7.25. The Morgan fingerprint density at radius 2 is 1.92 bits per heavy atom. The highest BCUT2D eigenvalue weighted by Crippen LogP contribution is 2.22. The van der Waals surface area contributed by atoms with Crippen LogP contribution in [0.4, 0.5) is 0 Å². The highest BCUT2D eigenvalue weighted by molar-refractivity contribution is 5.78. The molecule has 0 bridgehead atoms. The van der Waals surface area contributed by atoms with Crippen molar-refractivity contribution in [3.63, 3.8) is 0 Å². The van der Waals surface area contributed by atoms with E-state index in [1.54, 1.807) is 0 Å². The molecule has 1 aromatic carbocycles. The second-order valence-corrected chi connectivity index (χ2v) is 7.11. The first-order valence-electron chi connectivity index (χ1n) is 9.23. The van der Waals surface area contributed by atoms with Crippen LogP contribution in [0.25, 0.3) is 0 Å². The number of unbranched alkanes of at least 4 members (excludes halogenated alkanes) is 1. The zero-order chi connectivity index (χ0) is 17.5. The molecule has 0 aromatic heterocycles. The maximum atomic E-state index is 12.4. The van der Waals surface area contributed by atoms with E-state index < -0.39 is 6.10 Å². The van der Waals surface area contributed by atoms with Crippen LogP contribution in [-0.4, -0.2) is 54.0 Å². The Hall–Kier alpha value is -1.39. The molecule has 4 heteroatoms. The third-order valence-corrected chi connectivity index (χ3v) is 5.05. The number of hydrogen-bond acceptors (Lipinski definition) is 3. The minimum absolute atomic E-state index is 0.152. The van der Waals surface area contributed by atoms with Gasteiger partial charge in [-0.05, 0) is 44.8 Å². The SMILES string of the molecule is CCCCN(C)C(=O)C1CCN(CC(O)c2ccc(C)cc2)CC1. The fourth-order valence-electron chi connectivity index (χ4n) is 3.32. The summed E-state index contributed by atoms with van der Waals surface area (Å²) < 4.78 is 0. The molecule has 1 fully saturated rings. The Balaban J connectivity index is 1.78. The number of rotatable bonds is 7. The van der Waals surface area contributed by atoms with Gasteiger partial charge in [0.05, 0.1) is 6.10 Å². The minimum atomic E-state index is -0.454. The third kappa shape index (κ3) is 5.32. The molecule has 1 N–H and O–H groups in total. The summed E-state index contributed by atoms with van der Waals surface area (Å²) in [6.07, 6.45) is 3.54. The fourth-order valence-corrected chi connectivity index (χ4v) is 3.32. The van der Waals surface area contributed by atoms with Crippen LogP contribution in [0.15, 0.2) is 24.3 Å². The van der Waals surface area contributed by atoms with Crippen molar-refractivity contribution in [1.82, 2.24) is 9.80 Å². The summed E-state index contributed by atoms with van der Waals surface area (Å²) in [5.41, 5.74) is 2.18. The van der Waals surface area contributed by atoms with Gasteiger partial charge in [-0.2, -0.15) is 0 Å². The number of benzene rings is 1. The number of aryl methyl sites for hydroxylation is 1. The third-order valence-electron chi connectivity index (χ3n) is 5.05. The van der Waals surface area contributed by atoms with E-state index in [1.165, 1.54) is 5.56 Å². The molecule has 1 amide bonds. The monoisotopic (exact) mass is 332 g/mol. The molecule has 4 nitrogen and oxygen atoms in total. The van der Waals surface area contributed by atoms with Gasteiger partial charge in [0, 0.05) is 26.1 Å². The fraction of sp³-hybridized carbons (Fsp3) is 0.650. The molecule has 1 saturated heterocycles. The first-order chi connectivity index (χ1) is 11.5. The molecule has 1 atom stereocenters. The lowest BCUT2D eigenvalue weighted by atomic mass is 9.94. The number of likely N-dealkylation sites (tertiary alicyclic amines) is 1. The predicted octanol–water partition coefficient (Wildman–Crippen LogP) is 3.00. The van der Waals surface area contributed by atoms with Crippen molar-refractivity contribution >= 4 is 5.91 Å². The standard InChI is InChI=1S/C20H32N2O2/c1-4-5-12-21(3)20(24)18-10-13-22(14-11-18)15-19(23)17-8-6-16(2)7-9-17/h6-9,18-19,23H,4-5,10-15H2,1-3H3. The van der Waals surface area contributed by atoms with Gasteiger partial charge in [-0.25, -0.2) is 0 Å². The summed E-state index contributed by atoms with van der Waals surface area (Å²) in [6.45, 7) is 7.49. The highest BCUT2D eigenvalue weighted by Gasteiger charge is 2.27. The maximum Gasteiger partial charge on any atom is 0.225 e. The Bertz CT molecular complexity index is 507. The van der Waals surface area contributed by atoms with E-state index in [1.807, 2.05) is 36.2 Å². The normalized spacial score (nSPS) is 17.7. The predicted molar refractivity (Wildman–Crippen MR) is 97.8 cm³/mol. The first-order valence-corrected chi connectivity index (χ1v) is 9.23. The maximum absolute atomic E-state index is 12.4. The van der Waals surface area contributed by atoms with Crippen molar-refractivity contribution in [3.05, 3.63) is 35.4 Å². The molecule has 2 rings (SSSR count). The Morgan fingerprint density at radius 1 is 1.29 bits per heavy atom. The number of nitrogens with zero attached hydrogens (tertiary/aromatic N) is 2. The summed E-state index contributed by atoms with van der Waals surface area (Å²) >= 11 is 0. The minimum Gasteiger partial charge on any atom is -0.387 e. The van der Waals surface area contributed by atoms with Crippen molar-refractivity contribution in [2.45, 2.75) is 45.6 Å². The molecule has 1 unspecified atom stereocenters. The number of piperidine rings is 1. The van der Waals surface area contributed by atoms with Crippen LogP contribution in [0.5, 0.6) is 0 Å². The van der Waals surface area contributed by atoms with Gasteiger partial charge in [-0.15, -0.1) is 0 Å². The molecule has 0 aliphatic carbocycles. The van der Waals surface area contributed by atoms with E-state index in [-0.39, 0.29) is 5.92 Å². The molecule has 24 heavy (non-hydrogen) atoms. The molecule has 134 valence electrons. The van der Waals surface area contributed by atoms with Gasteiger partial charge < -0.3 is 14.9 Å². The number of β-amino-alcohol motifs (C(OH)–C–C–N with tert-alkyl or cyclic N) is 1. The van der Waals surface area contributed by atoms with Gasteiger partial charge in [-0.1, -0.05) is 43.2 Å². The lowest BCUT2D eigenvalue weighted by Crippen LogP contribution is -2.42. The zero-order valence-corrected chi connectivity index (χ0v) is 15.4. The van der Waals surface area contributed by atoms with Gasteiger partial charge in [0.2, 0.25) is 5.91 Å². The number of carbonyl (C=O) groups excluding carboxylic acids is 1. The van der Waals surface area contributed by atoms with Gasteiger partial charge >= 0.3 is 0 Å². The largest absolute Gasteiger partial charge is 0.387 e. The van der Waals surface area contributed by atoms with Crippen molar-refractivity contribution in [2.24, 2.45) is 5.92 Å². The van der Waals surface area contributed by atoms with Crippen molar-refractivity contribution in [1.29, 1.82) is 0 Å². The van der Waals surface area contributed by atoms with Gasteiger partial charge in [0.25, 0.3) is 0 Å². The molecule has 1 aromatic rings. The second kappa shape index (κ2) is 9.19. The number of aliphatic hydroxyl groups is 1. The van der Waals surface area contributed by atoms with Crippen molar-refractivity contribution in [3.8, 4) is 0 Å². The van der Waals surface area contributed by atoms with Crippen LogP contribution >= 0.6 is 0 Å². The van der Waals surface area contributed by atoms with Crippen LogP contribution in [-0.2, 0) is 4.79 Å². The van der Waals surface area contributed by atoms with Gasteiger partial charge in [-0.3, -0.25) is 4.79 Å². The quantitative estimate of drug-likeness (QED) is 0.835. The second-order valence-electron chi connectivity index (χ2n) is 7.11. The van der Waals surface area contributed by atoms with E-state index in [2.05, 4.69) is 18.7 Å². The summed E-state index contributed by atoms with van der Waals surface area (Å²) in [5, 5.41) is 10.4. The van der Waals surface area contributed by atoms with Crippen LogP contribution in [0.1, 0.15) is 49.8 Å². The molecule has 0 radical (unpaired) electrons. The van der Waals surface area contributed by atoms with E-state index in [0.717, 1.165) is 50.9 Å². The first kappa shape index (κ1) is 18.9. The summed E-state index contributed by atoms with van der Waals surface area (Å²) in [4.78, 5) is 16.6. The topological polar surface area (TPSA) is 43.8 Å². The molecule has 1 aliphatic heterocycles. The van der Waals surface area contributed by atoms with E-state index in [9.17, 15) is 9.90 Å². The van der Waals surface area contributed by atoms with Gasteiger partial charge in [0.15, 0.2) is 0 Å². The molecule has 1 aliphatic rings. The highest BCUT2D eigenvalue weighted by atomic mass is 16.3. The van der Waals surface area contributed by atoms with Crippen molar-refractivity contribution in [2.75, 3.05) is 33.2 Å². The van der Waals surface area contributed by atoms with E-state index >= 15 is 0 Å². The Morgan fingerprint density at radius 3 is 2.50 bits per heavy atom. The average molecular weight is 332 g/mol. The number of amides is 1. The van der Waals surface area contributed by atoms with Crippen LogP contribution < -0.4 is 0 Å². The average Bonchev–Trinajstić information content (AvgIpc) is 2.60. The Labute approximate surface area is 146 Å². The molecular formula is C20H32N2O2. The lowest BCUT2D eigenvalue weighted by Gasteiger charge is -2.34. The molecule has 0 spiro atoms. The number of hydrogen-bond donors (Lipinski definition) is 1. The molecule has 0 saturated carbocycles. The lowest BCUT2D eigenvalue weighted by molar-refractivity contribution is -0.135. The summed E-state index contributed by atoms with van der Waals surface area (Å²) in [7, 11) is 1.92. The van der Waals surface area contributed by atoms with Crippen LogP contribution in [0.3, 0.4) is 0 Å². The summed E-state index contributed by atoms with van der Waals surface area (Å²) in [6, 6.07) is 8.07. The number of carbonyl (C=O) groups is 1. The van der Waals surface area contributed by atoms with Crippen molar-refractivity contribution < 1.29 is 9.90 Å². The summed E-state index contributed by atoms with van der Waals surface area (Å²) in [5.74, 6) is 0.446. The molecular weight excluding hydrogens is 300 g/mol. The van der Waals surface area contributed by atoms with Crippen LogP contribution in [0.2, 0.25) is 0 Å². The zero-order valence-electron chi connectivity index (χ0n) is 15.4. The van der Waals surface area contributed by atoms with E-state index in [0.29, 0.717) is 12.5 Å². The smallest absolute Gasteiger partial charge is 0.225 e. The van der Waals surface area contributed by atoms with E-state index in [4.69, 9.17) is 0 Å². The number of aliphatic hydroxyl groups excluding tert-OH is 1. The molecule has 1 heterocycles.